The maximum atomic E-state index is 12.6. The van der Waals surface area contributed by atoms with E-state index in [0.29, 0.717) is 38.1 Å². The van der Waals surface area contributed by atoms with Gasteiger partial charge in [-0.3, -0.25) is 14.4 Å². The molecule has 154 valence electrons. The Morgan fingerprint density at radius 3 is 2.50 bits per heavy atom. The van der Waals surface area contributed by atoms with E-state index in [2.05, 4.69) is 5.32 Å². The first-order valence-corrected chi connectivity index (χ1v) is 9.88. The van der Waals surface area contributed by atoms with Crippen LogP contribution in [0.15, 0.2) is 30.3 Å². The van der Waals surface area contributed by atoms with Gasteiger partial charge in [0.1, 0.15) is 5.75 Å². The third kappa shape index (κ3) is 5.47. The Labute approximate surface area is 166 Å². The average molecular weight is 390 g/mol. The van der Waals surface area contributed by atoms with E-state index in [4.69, 9.17) is 4.74 Å². The Hall–Kier alpha value is -2.57. The van der Waals surface area contributed by atoms with E-state index >= 15 is 0 Å². The zero-order valence-electron chi connectivity index (χ0n) is 16.6. The monoisotopic (exact) mass is 390 g/mol. The lowest BCUT2D eigenvalue weighted by Gasteiger charge is -2.33. The molecule has 2 N–H and O–H groups in total. The van der Waals surface area contributed by atoms with Crippen LogP contribution in [-0.2, 0) is 14.4 Å². The molecule has 7 heteroatoms. The molecule has 0 radical (unpaired) electrons. The fraction of sp³-hybridized carbons (Fsp3) is 0.571. The van der Waals surface area contributed by atoms with Gasteiger partial charge in [0, 0.05) is 19.6 Å². The van der Waals surface area contributed by atoms with Crippen molar-refractivity contribution < 1.29 is 24.2 Å². The minimum atomic E-state index is -0.941. The molecule has 1 aromatic carbocycles. The molecule has 2 amide bonds. The molecule has 1 aliphatic rings. The summed E-state index contributed by atoms with van der Waals surface area (Å²) in [5, 5.41) is 12.3. The Morgan fingerprint density at radius 1 is 1.21 bits per heavy atom. The van der Waals surface area contributed by atoms with Gasteiger partial charge in [0.15, 0.2) is 6.61 Å². The summed E-state index contributed by atoms with van der Waals surface area (Å²) in [7, 11) is 0. The number of piperidine rings is 1. The molecule has 7 nitrogen and oxygen atoms in total. The van der Waals surface area contributed by atoms with Gasteiger partial charge in [0.05, 0.1) is 11.3 Å². The van der Waals surface area contributed by atoms with Crippen molar-refractivity contribution in [1.29, 1.82) is 0 Å². The third-order valence-electron chi connectivity index (χ3n) is 5.66. The van der Waals surface area contributed by atoms with Crippen molar-refractivity contribution >= 4 is 17.8 Å². The molecule has 1 aliphatic heterocycles. The highest BCUT2D eigenvalue weighted by Crippen LogP contribution is 2.26. The maximum absolute atomic E-state index is 12.6. The number of nitrogens with zero attached hydrogens (tertiary/aromatic N) is 1. The van der Waals surface area contributed by atoms with Crippen LogP contribution in [0.2, 0.25) is 0 Å². The number of hydrogen-bond donors (Lipinski definition) is 2. The van der Waals surface area contributed by atoms with E-state index in [1.807, 2.05) is 32.0 Å². The van der Waals surface area contributed by atoms with Gasteiger partial charge in [-0.25, -0.2) is 0 Å². The fourth-order valence-electron chi connectivity index (χ4n) is 3.45. The van der Waals surface area contributed by atoms with E-state index in [9.17, 15) is 19.5 Å². The summed E-state index contributed by atoms with van der Waals surface area (Å²) in [6, 6.07) is 9.13. The second-order valence-corrected chi connectivity index (χ2v) is 7.29. The van der Waals surface area contributed by atoms with Crippen LogP contribution in [0.4, 0.5) is 0 Å². The van der Waals surface area contributed by atoms with E-state index in [1.54, 1.807) is 17.0 Å². The number of ether oxygens (including phenoxy) is 1. The Bertz CT molecular complexity index is 673. The van der Waals surface area contributed by atoms with Crippen LogP contribution in [0.5, 0.6) is 5.75 Å². The van der Waals surface area contributed by atoms with E-state index in [-0.39, 0.29) is 30.9 Å². The number of carbonyl (C=O) groups excluding carboxylic acids is 2. The molecule has 1 unspecified atom stereocenters. The maximum Gasteiger partial charge on any atom is 0.311 e. The molecule has 2 rings (SSSR count). The molecule has 1 heterocycles. The van der Waals surface area contributed by atoms with Crippen LogP contribution in [0.25, 0.3) is 0 Å². The van der Waals surface area contributed by atoms with Crippen LogP contribution in [0.1, 0.15) is 39.5 Å². The first kappa shape index (κ1) is 21.7. The van der Waals surface area contributed by atoms with Gasteiger partial charge in [-0.2, -0.15) is 0 Å². The average Bonchev–Trinajstić information content (AvgIpc) is 2.73. The number of carboxylic acids is 1. The minimum Gasteiger partial charge on any atom is -0.484 e. The predicted octanol–water partition coefficient (Wildman–Crippen LogP) is 2.31. The van der Waals surface area contributed by atoms with Gasteiger partial charge >= 0.3 is 5.97 Å². The first-order valence-electron chi connectivity index (χ1n) is 9.88. The summed E-state index contributed by atoms with van der Waals surface area (Å²) in [6.07, 6.45) is 2.32. The Kier molecular flexibility index (Phi) is 7.84. The zero-order valence-corrected chi connectivity index (χ0v) is 16.6. The van der Waals surface area contributed by atoms with Crippen molar-refractivity contribution in [1.82, 2.24) is 10.2 Å². The number of carboxylic acid groups (broad SMARTS) is 1. The number of amides is 2. The minimum absolute atomic E-state index is 0.0633. The summed E-state index contributed by atoms with van der Waals surface area (Å²) in [5.74, 6) is -0.922. The first-order chi connectivity index (χ1) is 13.4. The van der Waals surface area contributed by atoms with Gasteiger partial charge in [0.2, 0.25) is 5.91 Å². The molecule has 0 aromatic heterocycles. The lowest BCUT2D eigenvalue weighted by Crippen LogP contribution is -2.49. The zero-order chi connectivity index (χ0) is 20.6. The Balaban J connectivity index is 1.86. The number of rotatable bonds is 9. The molecule has 1 fully saturated rings. The summed E-state index contributed by atoms with van der Waals surface area (Å²) in [6.45, 7) is 4.61. The second kappa shape index (κ2) is 10.1. The standard InChI is InChI=1S/C21H30N2O5/c1-3-21(4-2,20(26)27)15-22-19(25)16-9-8-12-23(13-16)18(24)14-28-17-10-6-5-7-11-17/h5-7,10-11,16H,3-4,8-9,12-15H2,1-2H3,(H,22,25)(H,26,27). The number of aliphatic carboxylic acids is 1. The SMILES string of the molecule is CCC(CC)(CNC(=O)C1CCCN(C(=O)COc2ccccc2)C1)C(=O)O. The molecule has 0 aliphatic carbocycles. The van der Waals surface area contributed by atoms with Crippen LogP contribution in [0, 0.1) is 11.3 Å². The summed E-state index contributed by atoms with van der Waals surface area (Å²) in [5.41, 5.74) is -0.941. The summed E-state index contributed by atoms with van der Waals surface area (Å²) < 4.78 is 5.51. The van der Waals surface area contributed by atoms with Crippen molar-refractivity contribution in [2.45, 2.75) is 39.5 Å². The number of hydrogen-bond acceptors (Lipinski definition) is 4. The highest BCUT2D eigenvalue weighted by atomic mass is 16.5. The fourth-order valence-corrected chi connectivity index (χ4v) is 3.45. The molecule has 1 saturated heterocycles. The van der Waals surface area contributed by atoms with Crippen molar-refractivity contribution in [3.8, 4) is 5.75 Å². The number of likely N-dealkylation sites (tertiary alicyclic amines) is 1. The largest absolute Gasteiger partial charge is 0.484 e. The second-order valence-electron chi connectivity index (χ2n) is 7.29. The van der Waals surface area contributed by atoms with Crippen LogP contribution < -0.4 is 10.1 Å². The highest BCUT2D eigenvalue weighted by molar-refractivity contribution is 5.83. The molecule has 1 atom stereocenters. The quantitative estimate of drug-likeness (QED) is 0.675. The van der Waals surface area contributed by atoms with Gasteiger partial charge in [-0.05, 0) is 37.8 Å². The van der Waals surface area contributed by atoms with E-state index in [1.165, 1.54) is 0 Å². The van der Waals surface area contributed by atoms with Crippen LogP contribution >= 0.6 is 0 Å². The van der Waals surface area contributed by atoms with Crippen molar-refractivity contribution in [2.75, 3.05) is 26.2 Å². The number of nitrogens with one attached hydrogen (secondary N) is 1. The summed E-state index contributed by atoms with van der Waals surface area (Å²) >= 11 is 0. The Morgan fingerprint density at radius 2 is 1.89 bits per heavy atom. The molecular weight excluding hydrogens is 360 g/mol. The van der Waals surface area contributed by atoms with Gasteiger partial charge < -0.3 is 20.1 Å². The normalized spacial score (nSPS) is 17.1. The molecule has 0 saturated carbocycles. The van der Waals surface area contributed by atoms with Gasteiger partial charge in [0.25, 0.3) is 5.91 Å². The van der Waals surface area contributed by atoms with Crippen molar-refractivity contribution in [2.24, 2.45) is 11.3 Å². The molecule has 0 spiro atoms. The molecule has 0 bridgehead atoms. The predicted molar refractivity (Wildman–Crippen MR) is 105 cm³/mol. The molecule has 28 heavy (non-hydrogen) atoms. The summed E-state index contributed by atoms with van der Waals surface area (Å²) in [4.78, 5) is 38.2. The van der Waals surface area contributed by atoms with E-state index in [0.717, 1.165) is 6.42 Å². The number of carbonyl (C=O) groups is 3. The topological polar surface area (TPSA) is 95.9 Å². The number of benzene rings is 1. The van der Waals surface area contributed by atoms with Crippen LogP contribution in [-0.4, -0.2) is 54.0 Å². The van der Waals surface area contributed by atoms with Crippen LogP contribution in [0.3, 0.4) is 0 Å². The number of para-hydroxylation sites is 1. The smallest absolute Gasteiger partial charge is 0.311 e. The third-order valence-corrected chi connectivity index (χ3v) is 5.66. The van der Waals surface area contributed by atoms with Crippen molar-refractivity contribution in [3.05, 3.63) is 30.3 Å². The molecular formula is C21H30N2O5. The van der Waals surface area contributed by atoms with Gasteiger partial charge in [-0.1, -0.05) is 32.0 Å². The van der Waals surface area contributed by atoms with E-state index < -0.39 is 11.4 Å². The lowest BCUT2D eigenvalue weighted by atomic mass is 9.82. The van der Waals surface area contributed by atoms with Crippen molar-refractivity contribution in [3.63, 3.8) is 0 Å². The van der Waals surface area contributed by atoms with Gasteiger partial charge in [-0.15, -0.1) is 0 Å². The lowest BCUT2D eigenvalue weighted by molar-refractivity contribution is -0.149. The molecule has 1 aromatic rings. The highest BCUT2D eigenvalue weighted by Gasteiger charge is 2.36.